The number of hydrogen-bond acceptors (Lipinski definition) is 2. The Labute approximate surface area is 98.9 Å². The fourth-order valence-electron chi connectivity index (χ4n) is 1.61. The first-order valence-electron chi connectivity index (χ1n) is 4.51. The van der Waals surface area contributed by atoms with E-state index in [0.717, 1.165) is 6.07 Å². The van der Waals surface area contributed by atoms with E-state index in [4.69, 9.17) is 4.74 Å². The predicted molar refractivity (Wildman–Crippen MR) is 56.2 cm³/mol. The SMILES string of the molecule is COC1NC(=O)c2cc(F)c(Br)cc2C1F. The average Bonchev–Trinajstić information content (AvgIpc) is 2.26. The summed E-state index contributed by atoms with van der Waals surface area (Å²) in [5.41, 5.74) is 0.130. The first-order chi connectivity index (χ1) is 7.54. The minimum absolute atomic E-state index is 0.00139. The minimum atomic E-state index is -1.51. The monoisotopic (exact) mass is 291 g/mol. The summed E-state index contributed by atoms with van der Waals surface area (Å²) >= 11 is 2.95. The normalized spacial score (nSPS) is 23.9. The van der Waals surface area contributed by atoms with Crippen molar-refractivity contribution in [3.63, 3.8) is 0 Å². The zero-order valence-electron chi connectivity index (χ0n) is 8.26. The van der Waals surface area contributed by atoms with Crippen LogP contribution >= 0.6 is 15.9 Å². The van der Waals surface area contributed by atoms with Crippen molar-refractivity contribution in [2.75, 3.05) is 7.11 Å². The van der Waals surface area contributed by atoms with Crippen molar-refractivity contribution in [2.24, 2.45) is 0 Å². The van der Waals surface area contributed by atoms with Gasteiger partial charge in [-0.1, -0.05) is 0 Å². The molecule has 1 amide bonds. The van der Waals surface area contributed by atoms with Crippen LogP contribution in [0.25, 0.3) is 0 Å². The van der Waals surface area contributed by atoms with Gasteiger partial charge in [0.2, 0.25) is 0 Å². The highest BCUT2D eigenvalue weighted by molar-refractivity contribution is 9.10. The molecule has 86 valence electrons. The number of fused-ring (bicyclic) bond motifs is 1. The second-order valence-corrected chi connectivity index (χ2v) is 4.24. The molecular weight excluding hydrogens is 284 g/mol. The Bertz CT molecular complexity index is 453. The lowest BCUT2D eigenvalue weighted by Crippen LogP contribution is -2.44. The first-order valence-corrected chi connectivity index (χ1v) is 5.30. The molecule has 0 saturated heterocycles. The smallest absolute Gasteiger partial charge is 0.253 e. The third-order valence-electron chi connectivity index (χ3n) is 2.43. The summed E-state index contributed by atoms with van der Waals surface area (Å²) in [4.78, 5) is 11.5. The summed E-state index contributed by atoms with van der Waals surface area (Å²) in [6, 6.07) is 2.27. The van der Waals surface area contributed by atoms with Crippen molar-refractivity contribution in [2.45, 2.75) is 12.4 Å². The van der Waals surface area contributed by atoms with E-state index >= 15 is 0 Å². The Morgan fingerprint density at radius 1 is 1.50 bits per heavy atom. The van der Waals surface area contributed by atoms with Crippen molar-refractivity contribution in [3.05, 3.63) is 33.5 Å². The summed E-state index contributed by atoms with van der Waals surface area (Å²) in [6.07, 6.45) is -2.54. The lowest BCUT2D eigenvalue weighted by atomic mass is 9.97. The van der Waals surface area contributed by atoms with Crippen LogP contribution in [-0.4, -0.2) is 19.2 Å². The van der Waals surface area contributed by atoms with E-state index in [-0.39, 0.29) is 15.6 Å². The van der Waals surface area contributed by atoms with E-state index in [1.54, 1.807) is 0 Å². The average molecular weight is 292 g/mol. The molecular formula is C10H8BrF2NO2. The highest BCUT2D eigenvalue weighted by atomic mass is 79.9. The Morgan fingerprint density at radius 2 is 2.19 bits per heavy atom. The molecule has 0 bridgehead atoms. The minimum Gasteiger partial charge on any atom is -0.358 e. The number of nitrogens with one attached hydrogen (secondary N) is 1. The van der Waals surface area contributed by atoms with Crippen LogP contribution in [0.3, 0.4) is 0 Å². The molecule has 0 saturated carbocycles. The summed E-state index contributed by atoms with van der Waals surface area (Å²) in [7, 11) is 1.29. The van der Waals surface area contributed by atoms with Crippen LogP contribution in [0.5, 0.6) is 0 Å². The number of amides is 1. The molecule has 3 nitrogen and oxygen atoms in total. The zero-order chi connectivity index (χ0) is 11.9. The maximum Gasteiger partial charge on any atom is 0.253 e. The molecule has 1 heterocycles. The third-order valence-corrected chi connectivity index (χ3v) is 3.03. The van der Waals surface area contributed by atoms with Crippen LogP contribution in [0.15, 0.2) is 16.6 Å². The van der Waals surface area contributed by atoms with Crippen molar-refractivity contribution in [3.8, 4) is 0 Å². The quantitative estimate of drug-likeness (QED) is 0.862. The zero-order valence-corrected chi connectivity index (χ0v) is 9.85. The topological polar surface area (TPSA) is 38.3 Å². The van der Waals surface area contributed by atoms with Gasteiger partial charge < -0.3 is 10.1 Å². The highest BCUT2D eigenvalue weighted by Gasteiger charge is 2.34. The molecule has 2 atom stereocenters. The van der Waals surface area contributed by atoms with Gasteiger partial charge in [0.25, 0.3) is 5.91 Å². The summed E-state index contributed by atoms with van der Waals surface area (Å²) in [5, 5.41) is 2.30. The number of hydrogen-bond donors (Lipinski definition) is 1. The first kappa shape index (κ1) is 11.5. The van der Waals surface area contributed by atoms with Crippen molar-refractivity contribution in [1.29, 1.82) is 0 Å². The number of rotatable bonds is 1. The standard InChI is InChI=1S/C10H8BrF2NO2/c1-16-10-8(13)4-2-6(11)7(12)3-5(4)9(15)14-10/h2-3,8,10H,1H3,(H,14,15). The maximum absolute atomic E-state index is 13.8. The Balaban J connectivity index is 2.55. The van der Waals surface area contributed by atoms with E-state index < -0.39 is 24.1 Å². The molecule has 0 aromatic heterocycles. The van der Waals surface area contributed by atoms with Crippen LogP contribution < -0.4 is 5.32 Å². The molecule has 1 aromatic rings. The number of methoxy groups -OCH3 is 1. The van der Waals surface area contributed by atoms with Gasteiger partial charge in [0.15, 0.2) is 12.4 Å². The molecule has 1 aromatic carbocycles. The number of carbonyl (C=O) groups is 1. The van der Waals surface area contributed by atoms with Crippen LogP contribution in [-0.2, 0) is 4.74 Å². The third kappa shape index (κ3) is 1.72. The van der Waals surface area contributed by atoms with Crippen LogP contribution in [0, 0.1) is 5.82 Å². The fourth-order valence-corrected chi connectivity index (χ4v) is 1.97. The van der Waals surface area contributed by atoms with Gasteiger partial charge in [-0.05, 0) is 28.1 Å². The van der Waals surface area contributed by atoms with Gasteiger partial charge in [-0.15, -0.1) is 0 Å². The van der Waals surface area contributed by atoms with Crippen molar-refractivity contribution >= 4 is 21.8 Å². The van der Waals surface area contributed by atoms with Crippen LogP contribution in [0.4, 0.5) is 8.78 Å². The Kier molecular flexibility index (Phi) is 2.94. The number of benzene rings is 1. The molecule has 2 rings (SSSR count). The van der Waals surface area contributed by atoms with E-state index in [9.17, 15) is 13.6 Å². The fraction of sp³-hybridized carbons (Fsp3) is 0.300. The highest BCUT2D eigenvalue weighted by Crippen LogP contribution is 2.33. The summed E-state index contributed by atoms with van der Waals surface area (Å²) < 4.78 is 32.0. The molecule has 0 fully saturated rings. The van der Waals surface area contributed by atoms with Crippen LogP contribution in [0.2, 0.25) is 0 Å². The molecule has 1 N–H and O–H groups in total. The van der Waals surface area contributed by atoms with E-state index in [0.29, 0.717) is 0 Å². The molecule has 1 aliphatic heterocycles. The Morgan fingerprint density at radius 3 is 2.81 bits per heavy atom. The largest absolute Gasteiger partial charge is 0.358 e. The van der Waals surface area contributed by atoms with Gasteiger partial charge in [0.05, 0.1) is 4.47 Å². The number of halogens is 3. The van der Waals surface area contributed by atoms with Gasteiger partial charge >= 0.3 is 0 Å². The molecule has 6 heteroatoms. The second kappa shape index (κ2) is 4.10. The molecule has 16 heavy (non-hydrogen) atoms. The Hall–Kier alpha value is -1.01. The van der Waals surface area contributed by atoms with Gasteiger partial charge in [-0.25, -0.2) is 8.78 Å². The summed E-state index contributed by atoms with van der Waals surface area (Å²) in [5.74, 6) is -1.14. The maximum atomic E-state index is 13.8. The second-order valence-electron chi connectivity index (χ2n) is 3.39. The predicted octanol–water partition coefficient (Wildman–Crippen LogP) is 2.31. The van der Waals surface area contributed by atoms with Gasteiger partial charge in [0.1, 0.15) is 5.82 Å². The van der Waals surface area contributed by atoms with Crippen LogP contribution in [0.1, 0.15) is 22.1 Å². The number of alkyl halides is 1. The molecule has 0 aliphatic carbocycles. The molecule has 1 aliphatic rings. The number of ether oxygens (including phenoxy) is 1. The van der Waals surface area contributed by atoms with E-state index in [1.165, 1.54) is 13.2 Å². The van der Waals surface area contributed by atoms with E-state index in [1.807, 2.05) is 0 Å². The molecule has 0 radical (unpaired) electrons. The van der Waals surface area contributed by atoms with Crippen molar-refractivity contribution in [1.82, 2.24) is 5.32 Å². The van der Waals surface area contributed by atoms with Gasteiger partial charge in [0, 0.05) is 18.2 Å². The summed E-state index contributed by atoms with van der Waals surface area (Å²) in [6.45, 7) is 0. The molecule has 0 spiro atoms. The molecule has 2 unspecified atom stereocenters. The van der Waals surface area contributed by atoms with Gasteiger partial charge in [-0.2, -0.15) is 0 Å². The van der Waals surface area contributed by atoms with Crippen molar-refractivity contribution < 1.29 is 18.3 Å². The lowest BCUT2D eigenvalue weighted by Gasteiger charge is -2.28. The van der Waals surface area contributed by atoms with E-state index in [2.05, 4.69) is 21.2 Å². The van der Waals surface area contributed by atoms with Gasteiger partial charge in [-0.3, -0.25) is 4.79 Å². The lowest BCUT2D eigenvalue weighted by molar-refractivity contribution is 0.00269. The number of carbonyl (C=O) groups excluding carboxylic acids is 1.